The molecule has 8 heteroatoms. The highest BCUT2D eigenvalue weighted by molar-refractivity contribution is 6.32. The zero-order valence-corrected chi connectivity index (χ0v) is 19.3. The highest BCUT2D eigenvalue weighted by Crippen LogP contribution is 2.25. The summed E-state index contributed by atoms with van der Waals surface area (Å²) < 4.78 is 0. The van der Waals surface area contributed by atoms with Gasteiger partial charge in [0.15, 0.2) is 0 Å². The largest absolute Gasteiger partial charge is 0.369 e. The molecule has 0 unspecified atom stereocenters. The highest BCUT2D eigenvalue weighted by atomic mass is 35.5. The van der Waals surface area contributed by atoms with Crippen LogP contribution in [0.5, 0.6) is 0 Å². The van der Waals surface area contributed by atoms with Gasteiger partial charge < -0.3 is 10.2 Å². The van der Waals surface area contributed by atoms with Crippen molar-refractivity contribution in [1.29, 1.82) is 0 Å². The summed E-state index contributed by atoms with van der Waals surface area (Å²) in [6.07, 6.45) is 2.86. The van der Waals surface area contributed by atoms with Gasteiger partial charge in [0.2, 0.25) is 5.91 Å². The standard InChI is InChI=1S/C26H25ClN4O3/c27-24-12-6-20(18-25(24)31(33)34)7-13-26(32)28-22-8-10-23(11-9-22)30-16-14-29(15-17-30)19-21-4-2-1-3-5-21/h1-13,18H,14-17,19H2,(H,28,32). The maximum atomic E-state index is 12.3. The zero-order valence-electron chi connectivity index (χ0n) is 18.6. The average molecular weight is 477 g/mol. The van der Waals surface area contributed by atoms with Gasteiger partial charge in [-0.3, -0.25) is 19.8 Å². The van der Waals surface area contributed by atoms with Gasteiger partial charge >= 0.3 is 0 Å². The lowest BCUT2D eigenvalue weighted by Gasteiger charge is -2.36. The van der Waals surface area contributed by atoms with Gasteiger partial charge in [-0.1, -0.05) is 48.0 Å². The third-order valence-electron chi connectivity index (χ3n) is 5.72. The summed E-state index contributed by atoms with van der Waals surface area (Å²) in [6, 6.07) is 22.7. The SMILES string of the molecule is O=C(C=Cc1ccc(Cl)c([N+](=O)[O-])c1)Nc1ccc(N2CCN(Cc3ccccc3)CC2)cc1. The first-order chi connectivity index (χ1) is 16.5. The Morgan fingerprint density at radius 1 is 1.00 bits per heavy atom. The molecule has 1 aliphatic rings. The number of hydrogen-bond acceptors (Lipinski definition) is 5. The Labute approximate surface area is 203 Å². The lowest BCUT2D eigenvalue weighted by Crippen LogP contribution is -2.45. The second-order valence-electron chi connectivity index (χ2n) is 8.09. The van der Waals surface area contributed by atoms with E-state index >= 15 is 0 Å². The number of nitrogens with zero attached hydrogens (tertiary/aromatic N) is 3. The molecule has 0 spiro atoms. The molecule has 0 aliphatic carbocycles. The molecule has 1 N–H and O–H groups in total. The van der Waals surface area contributed by atoms with E-state index in [1.807, 2.05) is 30.3 Å². The van der Waals surface area contributed by atoms with Gasteiger partial charge in [-0.2, -0.15) is 0 Å². The Balaban J connectivity index is 1.28. The van der Waals surface area contributed by atoms with Crippen LogP contribution in [-0.4, -0.2) is 41.9 Å². The number of nitro groups is 1. The van der Waals surface area contributed by atoms with Gasteiger partial charge in [0.05, 0.1) is 4.92 Å². The van der Waals surface area contributed by atoms with E-state index in [0.717, 1.165) is 38.4 Å². The van der Waals surface area contributed by atoms with E-state index in [2.05, 4.69) is 39.4 Å². The van der Waals surface area contributed by atoms with E-state index < -0.39 is 4.92 Å². The van der Waals surface area contributed by atoms with Crippen molar-refractivity contribution in [2.75, 3.05) is 36.4 Å². The minimum atomic E-state index is -0.551. The second kappa shape index (κ2) is 11.0. The molecule has 34 heavy (non-hydrogen) atoms. The van der Waals surface area contributed by atoms with Crippen molar-refractivity contribution < 1.29 is 9.72 Å². The molecular formula is C26H25ClN4O3. The number of anilines is 2. The van der Waals surface area contributed by atoms with E-state index in [1.54, 1.807) is 6.07 Å². The molecule has 0 aromatic heterocycles. The predicted molar refractivity (Wildman–Crippen MR) is 136 cm³/mol. The molecule has 1 heterocycles. The Morgan fingerprint density at radius 2 is 1.71 bits per heavy atom. The number of hydrogen-bond donors (Lipinski definition) is 1. The van der Waals surface area contributed by atoms with Gasteiger partial charge in [-0.25, -0.2) is 0 Å². The van der Waals surface area contributed by atoms with Crippen molar-refractivity contribution in [2.45, 2.75) is 6.54 Å². The number of benzene rings is 3. The molecule has 1 saturated heterocycles. The number of rotatable bonds is 7. The minimum absolute atomic E-state index is 0.0595. The number of carbonyl (C=O) groups excluding carboxylic acids is 1. The monoisotopic (exact) mass is 476 g/mol. The predicted octanol–water partition coefficient (Wildman–Crippen LogP) is 5.22. The molecule has 3 aromatic rings. The number of halogens is 1. The molecule has 3 aromatic carbocycles. The average Bonchev–Trinajstić information content (AvgIpc) is 2.85. The van der Waals surface area contributed by atoms with Crippen LogP contribution >= 0.6 is 11.6 Å². The minimum Gasteiger partial charge on any atom is -0.369 e. The van der Waals surface area contributed by atoms with Crippen molar-refractivity contribution in [1.82, 2.24) is 4.90 Å². The second-order valence-corrected chi connectivity index (χ2v) is 8.49. The molecule has 1 fully saturated rings. The van der Waals surface area contributed by atoms with E-state index in [0.29, 0.717) is 11.3 Å². The highest BCUT2D eigenvalue weighted by Gasteiger charge is 2.17. The van der Waals surface area contributed by atoms with Gasteiger partial charge in [-0.05, 0) is 47.5 Å². The summed E-state index contributed by atoms with van der Waals surface area (Å²) in [7, 11) is 0. The van der Waals surface area contributed by atoms with E-state index in [1.165, 1.54) is 29.8 Å². The Bertz CT molecular complexity index is 1170. The maximum absolute atomic E-state index is 12.3. The Kier molecular flexibility index (Phi) is 7.57. The summed E-state index contributed by atoms with van der Waals surface area (Å²) in [5.74, 6) is -0.320. The molecule has 1 aliphatic heterocycles. The fraction of sp³-hybridized carbons (Fsp3) is 0.192. The number of nitro benzene ring substituents is 1. The van der Waals surface area contributed by atoms with Gasteiger partial charge in [0, 0.05) is 56.2 Å². The van der Waals surface area contributed by atoms with Crippen molar-refractivity contribution in [3.63, 3.8) is 0 Å². The summed E-state index contributed by atoms with van der Waals surface area (Å²) in [5.41, 5.74) is 3.47. The van der Waals surface area contributed by atoms with Crippen LogP contribution in [0.2, 0.25) is 5.02 Å². The zero-order chi connectivity index (χ0) is 23.9. The quantitative estimate of drug-likeness (QED) is 0.287. The van der Waals surface area contributed by atoms with Crippen LogP contribution in [0.1, 0.15) is 11.1 Å². The van der Waals surface area contributed by atoms with Crippen LogP contribution in [0.25, 0.3) is 6.08 Å². The lowest BCUT2D eigenvalue weighted by molar-refractivity contribution is -0.384. The Hall–Kier alpha value is -3.68. The van der Waals surface area contributed by atoms with Gasteiger partial charge in [-0.15, -0.1) is 0 Å². The summed E-state index contributed by atoms with van der Waals surface area (Å²) in [4.78, 5) is 27.5. The lowest BCUT2D eigenvalue weighted by atomic mass is 10.2. The summed E-state index contributed by atoms with van der Waals surface area (Å²) in [6.45, 7) is 4.88. The van der Waals surface area contributed by atoms with Gasteiger partial charge in [0.25, 0.3) is 5.69 Å². The Morgan fingerprint density at radius 3 is 2.38 bits per heavy atom. The summed E-state index contributed by atoms with van der Waals surface area (Å²) in [5, 5.41) is 13.9. The molecule has 1 amide bonds. The third-order valence-corrected chi connectivity index (χ3v) is 6.03. The molecule has 7 nitrogen and oxygen atoms in total. The number of carbonyl (C=O) groups is 1. The van der Waals surface area contributed by atoms with Crippen LogP contribution in [-0.2, 0) is 11.3 Å². The fourth-order valence-electron chi connectivity index (χ4n) is 3.89. The molecule has 0 saturated carbocycles. The van der Waals surface area contributed by atoms with Crippen molar-refractivity contribution in [3.8, 4) is 0 Å². The van der Waals surface area contributed by atoms with Crippen LogP contribution < -0.4 is 10.2 Å². The first-order valence-electron chi connectivity index (χ1n) is 11.0. The molecule has 0 radical (unpaired) electrons. The summed E-state index contributed by atoms with van der Waals surface area (Å²) >= 11 is 5.82. The van der Waals surface area contributed by atoms with Crippen LogP contribution in [0, 0.1) is 10.1 Å². The van der Waals surface area contributed by atoms with Crippen LogP contribution in [0.15, 0.2) is 78.9 Å². The number of piperazine rings is 1. The van der Waals surface area contributed by atoms with Crippen molar-refractivity contribution >= 4 is 40.6 Å². The first-order valence-corrected chi connectivity index (χ1v) is 11.4. The normalized spacial score (nSPS) is 14.3. The number of nitrogens with one attached hydrogen (secondary N) is 1. The van der Waals surface area contributed by atoms with E-state index in [-0.39, 0.29) is 16.6 Å². The number of amides is 1. The maximum Gasteiger partial charge on any atom is 0.288 e. The third kappa shape index (κ3) is 6.21. The molecular weight excluding hydrogens is 452 g/mol. The smallest absolute Gasteiger partial charge is 0.288 e. The molecule has 0 bridgehead atoms. The van der Waals surface area contributed by atoms with Crippen molar-refractivity contribution in [2.24, 2.45) is 0 Å². The fourth-order valence-corrected chi connectivity index (χ4v) is 4.08. The molecule has 0 atom stereocenters. The topological polar surface area (TPSA) is 78.7 Å². The molecule has 4 rings (SSSR count). The van der Waals surface area contributed by atoms with Crippen molar-refractivity contribution in [3.05, 3.63) is 105 Å². The van der Waals surface area contributed by atoms with Crippen LogP contribution in [0.3, 0.4) is 0 Å². The van der Waals surface area contributed by atoms with Crippen LogP contribution in [0.4, 0.5) is 17.1 Å². The first kappa shape index (κ1) is 23.5. The van der Waals surface area contributed by atoms with E-state index in [4.69, 9.17) is 11.6 Å². The van der Waals surface area contributed by atoms with E-state index in [9.17, 15) is 14.9 Å². The molecule has 174 valence electrons. The van der Waals surface area contributed by atoms with Gasteiger partial charge in [0.1, 0.15) is 5.02 Å².